The van der Waals surface area contributed by atoms with Crippen LogP contribution in [0.5, 0.6) is 0 Å². The SMILES string of the molecule is CC1(C(=O)N2CCC(C(N)=O)CC2)CC(=O)N=C2C=CC=CN21. The Morgan fingerprint density at radius 3 is 2.65 bits per heavy atom. The van der Waals surface area contributed by atoms with Gasteiger partial charge < -0.3 is 15.5 Å². The first-order valence-corrected chi connectivity index (χ1v) is 7.76. The third kappa shape index (κ3) is 2.67. The van der Waals surface area contributed by atoms with Crippen LogP contribution < -0.4 is 5.73 Å². The molecule has 0 aliphatic carbocycles. The molecule has 7 nitrogen and oxygen atoms in total. The van der Waals surface area contributed by atoms with Crippen LogP contribution in [0.1, 0.15) is 26.2 Å². The average Bonchev–Trinajstić information content (AvgIpc) is 2.54. The number of aliphatic imine (C=N–C) groups is 1. The van der Waals surface area contributed by atoms with Gasteiger partial charge in [-0.2, -0.15) is 4.99 Å². The minimum absolute atomic E-state index is 0.0449. The number of hydrogen-bond acceptors (Lipinski definition) is 4. The summed E-state index contributed by atoms with van der Waals surface area (Å²) in [5.74, 6) is -0.392. The molecule has 1 saturated heterocycles. The molecule has 3 amide bonds. The Morgan fingerprint density at radius 1 is 1.30 bits per heavy atom. The molecule has 0 aromatic carbocycles. The summed E-state index contributed by atoms with van der Waals surface area (Å²) >= 11 is 0. The number of nitrogens with two attached hydrogens (primary N) is 1. The Bertz CT molecular complexity index is 644. The summed E-state index contributed by atoms with van der Waals surface area (Å²) in [5, 5.41) is 0. The Labute approximate surface area is 134 Å². The van der Waals surface area contributed by atoms with Crippen molar-refractivity contribution in [3.63, 3.8) is 0 Å². The molecule has 0 aromatic heterocycles. The van der Waals surface area contributed by atoms with E-state index in [1.165, 1.54) is 0 Å². The molecule has 3 heterocycles. The highest BCUT2D eigenvalue weighted by Crippen LogP contribution is 2.31. The van der Waals surface area contributed by atoms with Gasteiger partial charge in [-0.3, -0.25) is 14.4 Å². The molecule has 0 saturated carbocycles. The molecule has 3 aliphatic rings. The van der Waals surface area contributed by atoms with Gasteiger partial charge in [0.05, 0.1) is 6.42 Å². The average molecular weight is 316 g/mol. The molecule has 2 N–H and O–H groups in total. The zero-order valence-electron chi connectivity index (χ0n) is 13.1. The monoisotopic (exact) mass is 316 g/mol. The van der Waals surface area contributed by atoms with E-state index in [2.05, 4.69) is 4.99 Å². The van der Waals surface area contributed by atoms with Crippen LogP contribution in [-0.2, 0) is 14.4 Å². The summed E-state index contributed by atoms with van der Waals surface area (Å²) in [6.45, 7) is 2.73. The van der Waals surface area contributed by atoms with E-state index in [4.69, 9.17) is 5.73 Å². The van der Waals surface area contributed by atoms with Crippen LogP contribution >= 0.6 is 0 Å². The zero-order chi connectivity index (χ0) is 16.6. The fourth-order valence-electron chi connectivity index (χ4n) is 3.38. The maximum atomic E-state index is 13.1. The second-order valence-corrected chi connectivity index (χ2v) is 6.35. The molecule has 1 atom stereocenters. The largest absolute Gasteiger partial charge is 0.369 e. The minimum Gasteiger partial charge on any atom is -0.369 e. The first kappa shape index (κ1) is 15.5. The fraction of sp³-hybridized carbons (Fsp3) is 0.500. The quantitative estimate of drug-likeness (QED) is 0.786. The zero-order valence-corrected chi connectivity index (χ0v) is 13.1. The lowest BCUT2D eigenvalue weighted by Crippen LogP contribution is -2.61. The van der Waals surface area contributed by atoms with Crippen LogP contribution in [0.4, 0.5) is 0 Å². The van der Waals surface area contributed by atoms with Crippen molar-refractivity contribution >= 4 is 23.6 Å². The molecule has 0 radical (unpaired) electrons. The standard InChI is InChI=1S/C16H20N4O3/c1-16(10-13(21)18-12-4-2-3-7-20(12)16)15(23)19-8-5-11(6-9-19)14(17)22/h2-4,7,11H,5-6,8-10H2,1H3,(H2,17,22). The molecule has 122 valence electrons. The second kappa shape index (κ2) is 5.64. The first-order valence-electron chi connectivity index (χ1n) is 7.76. The summed E-state index contributed by atoms with van der Waals surface area (Å²) in [4.78, 5) is 43.8. The number of carbonyl (C=O) groups excluding carboxylic acids is 3. The maximum Gasteiger partial charge on any atom is 0.250 e. The van der Waals surface area contributed by atoms with E-state index in [1.807, 2.05) is 6.08 Å². The topological polar surface area (TPSA) is 96.1 Å². The van der Waals surface area contributed by atoms with Crippen molar-refractivity contribution < 1.29 is 14.4 Å². The molecule has 0 spiro atoms. The molecule has 1 fully saturated rings. The summed E-state index contributed by atoms with van der Waals surface area (Å²) in [6, 6.07) is 0. The predicted octanol–water partition coefficient (Wildman–Crippen LogP) is 0.183. The van der Waals surface area contributed by atoms with Crippen molar-refractivity contribution in [1.29, 1.82) is 0 Å². The van der Waals surface area contributed by atoms with E-state index in [-0.39, 0.29) is 30.1 Å². The van der Waals surface area contributed by atoms with Gasteiger partial charge in [0.25, 0.3) is 5.91 Å². The molecule has 7 heteroatoms. The lowest BCUT2D eigenvalue weighted by atomic mass is 9.88. The Morgan fingerprint density at radius 2 is 2.00 bits per heavy atom. The Balaban J connectivity index is 1.80. The van der Waals surface area contributed by atoms with Crippen molar-refractivity contribution in [2.75, 3.05) is 13.1 Å². The number of carbonyl (C=O) groups is 3. The van der Waals surface area contributed by atoms with Crippen molar-refractivity contribution in [2.45, 2.75) is 31.7 Å². The molecule has 0 bridgehead atoms. The van der Waals surface area contributed by atoms with Crippen LogP contribution in [0.3, 0.4) is 0 Å². The summed E-state index contributed by atoms with van der Waals surface area (Å²) in [6.07, 6.45) is 8.30. The van der Waals surface area contributed by atoms with E-state index in [0.717, 1.165) is 0 Å². The van der Waals surface area contributed by atoms with E-state index < -0.39 is 5.54 Å². The Kier molecular flexibility index (Phi) is 3.79. The molecule has 23 heavy (non-hydrogen) atoms. The number of likely N-dealkylation sites (tertiary alicyclic amines) is 1. The number of amidine groups is 1. The normalized spacial score (nSPS) is 27.7. The van der Waals surface area contributed by atoms with Crippen molar-refractivity contribution in [2.24, 2.45) is 16.6 Å². The number of nitrogens with zero attached hydrogens (tertiary/aromatic N) is 3. The minimum atomic E-state index is -0.977. The molecule has 0 aromatic rings. The summed E-state index contributed by atoms with van der Waals surface area (Å²) < 4.78 is 0. The third-order valence-corrected chi connectivity index (χ3v) is 4.75. The van der Waals surface area contributed by atoms with Crippen LogP contribution in [0, 0.1) is 5.92 Å². The van der Waals surface area contributed by atoms with Crippen LogP contribution in [0.15, 0.2) is 29.4 Å². The lowest BCUT2D eigenvalue weighted by molar-refractivity contribution is -0.145. The number of allylic oxidation sites excluding steroid dienone is 2. The van der Waals surface area contributed by atoms with Crippen molar-refractivity contribution in [1.82, 2.24) is 9.80 Å². The molecule has 3 rings (SSSR count). The number of hydrogen-bond donors (Lipinski definition) is 1. The fourth-order valence-corrected chi connectivity index (χ4v) is 3.38. The van der Waals surface area contributed by atoms with E-state index in [0.29, 0.717) is 31.8 Å². The Hall–Kier alpha value is -2.44. The number of piperidine rings is 1. The smallest absolute Gasteiger partial charge is 0.250 e. The molecule has 1 unspecified atom stereocenters. The van der Waals surface area contributed by atoms with Gasteiger partial charge in [0, 0.05) is 25.2 Å². The highest BCUT2D eigenvalue weighted by Gasteiger charge is 2.47. The third-order valence-electron chi connectivity index (χ3n) is 4.75. The van der Waals surface area contributed by atoms with Gasteiger partial charge in [-0.25, -0.2) is 0 Å². The lowest BCUT2D eigenvalue weighted by Gasteiger charge is -2.45. The molecular weight excluding hydrogens is 296 g/mol. The van der Waals surface area contributed by atoms with Gasteiger partial charge in [0.2, 0.25) is 11.8 Å². The van der Waals surface area contributed by atoms with Gasteiger partial charge in [-0.1, -0.05) is 6.08 Å². The van der Waals surface area contributed by atoms with Gasteiger partial charge in [0.1, 0.15) is 11.4 Å². The highest BCUT2D eigenvalue weighted by atomic mass is 16.2. The second-order valence-electron chi connectivity index (χ2n) is 6.35. The van der Waals surface area contributed by atoms with E-state index in [9.17, 15) is 14.4 Å². The predicted molar refractivity (Wildman–Crippen MR) is 84.1 cm³/mol. The summed E-state index contributed by atoms with van der Waals surface area (Å²) in [5.41, 5.74) is 4.36. The first-order chi connectivity index (χ1) is 10.9. The number of rotatable bonds is 2. The van der Waals surface area contributed by atoms with Crippen LogP contribution in [-0.4, -0.2) is 52.0 Å². The van der Waals surface area contributed by atoms with Crippen molar-refractivity contribution in [3.05, 3.63) is 24.4 Å². The van der Waals surface area contributed by atoms with Gasteiger partial charge in [-0.15, -0.1) is 0 Å². The summed E-state index contributed by atoms with van der Waals surface area (Å²) in [7, 11) is 0. The molecule has 3 aliphatic heterocycles. The van der Waals surface area contributed by atoms with E-state index in [1.54, 1.807) is 35.1 Å². The number of primary amides is 1. The number of fused-ring (bicyclic) bond motifs is 1. The van der Waals surface area contributed by atoms with Crippen LogP contribution in [0.2, 0.25) is 0 Å². The maximum absolute atomic E-state index is 13.1. The van der Waals surface area contributed by atoms with Crippen LogP contribution in [0.25, 0.3) is 0 Å². The van der Waals surface area contributed by atoms with Crippen molar-refractivity contribution in [3.8, 4) is 0 Å². The van der Waals surface area contributed by atoms with Gasteiger partial charge in [-0.05, 0) is 31.9 Å². The van der Waals surface area contributed by atoms with Gasteiger partial charge in [0.15, 0.2) is 0 Å². The van der Waals surface area contributed by atoms with Gasteiger partial charge >= 0.3 is 0 Å². The molecular formula is C16H20N4O3. The highest BCUT2D eigenvalue weighted by molar-refractivity contribution is 6.09. The number of amides is 3. The van der Waals surface area contributed by atoms with E-state index >= 15 is 0 Å².